The first kappa shape index (κ1) is 22.3. The maximum absolute atomic E-state index is 12.9. The average Bonchev–Trinajstić information content (AvgIpc) is 3.64. The van der Waals surface area contributed by atoms with E-state index in [1.807, 2.05) is 0 Å². The molecular weight excluding hydrogens is 446 g/mol. The Balaban J connectivity index is 1.54. The minimum atomic E-state index is -0.530. The van der Waals surface area contributed by atoms with Gasteiger partial charge in [0.15, 0.2) is 5.65 Å². The smallest absolute Gasteiger partial charge is 0.324 e. The summed E-state index contributed by atoms with van der Waals surface area (Å²) in [5, 5.41) is 3.64. The Bertz CT molecular complexity index is 1540. The average molecular weight is 470 g/mol. The lowest BCUT2D eigenvalue weighted by Crippen LogP contribution is -2.25. The fourth-order valence-electron chi connectivity index (χ4n) is 3.81. The number of carbonyl (C=O) groups is 2. The van der Waals surface area contributed by atoms with Gasteiger partial charge in [-0.2, -0.15) is 9.97 Å². The summed E-state index contributed by atoms with van der Waals surface area (Å²) in [5.74, 6) is -0.196. The summed E-state index contributed by atoms with van der Waals surface area (Å²) in [6.45, 7) is 3.59. The molecular formula is C26H23N5O4. The molecule has 0 atom stereocenters. The van der Waals surface area contributed by atoms with Gasteiger partial charge in [-0.05, 0) is 80.8 Å². The molecule has 9 heteroatoms. The van der Waals surface area contributed by atoms with E-state index in [-0.39, 0.29) is 23.5 Å². The van der Waals surface area contributed by atoms with Gasteiger partial charge in [-0.1, -0.05) is 0 Å². The molecule has 3 N–H and O–H groups in total. The van der Waals surface area contributed by atoms with Crippen molar-refractivity contribution in [3.8, 4) is 17.4 Å². The van der Waals surface area contributed by atoms with Crippen molar-refractivity contribution in [2.24, 2.45) is 5.73 Å². The van der Waals surface area contributed by atoms with Crippen LogP contribution in [-0.2, 0) is 0 Å². The number of carbonyl (C=O) groups excluding carboxylic acids is 2. The predicted octanol–water partition coefficient (Wildman–Crippen LogP) is 3.18. The van der Waals surface area contributed by atoms with E-state index >= 15 is 0 Å². The highest BCUT2D eigenvalue weighted by atomic mass is 16.5. The number of primary amides is 1. The Morgan fingerprint density at radius 1 is 1.00 bits per heavy atom. The number of nitrogens with two attached hydrogens (primary N) is 1. The molecule has 4 aromatic rings. The zero-order chi connectivity index (χ0) is 24.7. The van der Waals surface area contributed by atoms with Crippen molar-refractivity contribution >= 4 is 22.8 Å². The second-order valence-corrected chi connectivity index (χ2v) is 8.58. The summed E-state index contributed by atoms with van der Waals surface area (Å²) in [6, 6.07) is 15.1. The van der Waals surface area contributed by atoms with Gasteiger partial charge in [0.05, 0.1) is 11.4 Å². The van der Waals surface area contributed by atoms with Crippen LogP contribution in [0.15, 0.2) is 59.4 Å². The van der Waals surface area contributed by atoms with Crippen molar-refractivity contribution in [1.82, 2.24) is 19.9 Å². The molecule has 0 unspecified atom stereocenters. The Morgan fingerprint density at radius 2 is 1.71 bits per heavy atom. The number of nitrogens with zero attached hydrogens (tertiary/aromatic N) is 3. The van der Waals surface area contributed by atoms with E-state index in [0.717, 1.165) is 12.8 Å². The molecule has 176 valence electrons. The van der Waals surface area contributed by atoms with Gasteiger partial charge < -0.3 is 15.8 Å². The van der Waals surface area contributed by atoms with Gasteiger partial charge in [0.25, 0.3) is 11.5 Å². The second-order valence-electron chi connectivity index (χ2n) is 8.58. The van der Waals surface area contributed by atoms with Crippen molar-refractivity contribution in [1.29, 1.82) is 0 Å². The number of fused-ring (bicyclic) bond motifs is 1. The molecule has 0 bridgehead atoms. The number of pyridine rings is 1. The number of hydrogen-bond acceptors (Lipinski definition) is 6. The Morgan fingerprint density at radius 3 is 2.37 bits per heavy atom. The molecule has 2 heterocycles. The summed E-state index contributed by atoms with van der Waals surface area (Å²) in [5.41, 5.74) is 8.22. The van der Waals surface area contributed by atoms with Gasteiger partial charge in [0.1, 0.15) is 5.75 Å². The molecule has 0 saturated heterocycles. The van der Waals surface area contributed by atoms with E-state index in [9.17, 15) is 14.4 Å². The monoisotopic (exact) mass is 469 g/mol. The van der Waals surface area contributed by atoms with E-state index < -0.39 is 5.91 Å². The van der Waals surface area contributed by atoms with Crippen LogP contribution in [0.5, 0.6) is 11.8 Å². The van der Waals surface area contributed by atoms with Crippen LogP contribution >= 0.6 is 0 Å². The number of nitrogens with one attached hydrogen (secondary N) is 1. The molecule has 2 aromatic heterocycles. The van der Waals surface area contributed by atoms with Gasteiger partial charge in [-0.25, -0.2) is 0 Å². The summed E-state index contributed by atoms with van der Waals surface area (Å²) in [6.07, 6.45) is 2.01. The number of benzene rings is 2. The summed E-state index contributed by atoms with van der Waals surface area (Å²) in [4.78, 5) is 45.6. The van der Waals surface area contributed by atoms with Crippen molar-refractivity contribution < 1.29 is 14.3 Å². The number of hydrogen-bond donors (Lipinski definition) is 2. The standard InChI is InChI=1S/C26H23N5O4/c1-14-13-17(23(27)33)5-11-21(14)35-26-28-15(2)20-10-12-22(32)31(24(20)30-26)19-8-3-16(4-9-19)25(34)29-18-6-7-18/h3-5,8-13,18H,6-7H2,1-2H3,(H2,27,33)(H,29,34). The first-order chi connectivity index (χ1) is 16.8. The third kappa shape index (κ3) is 4.48. The molecule has 9 nitrogen and oxygen atoms in total. The van der Waals surface area contributed by atoms with Gasteiger partial charge in [-0.3, -0.25) is 19.0 Å². The lowest BCUT2D eigenvalue weighted by atomic mass is 10.1. The van der Waals surface area contributed by atoms with Crippen LogP contribution in [0.1, 0.15) is 44.8 Å². The first-order valence-corrected chi connectivity index (χ1v) is 11.2. The molecule has 5 rings (SSSR count). The van der Waals surface area contributed by atoms with Crippen LogP contribution in [0, 0.1) is 13.8 Å². The summed E-state index contributed by atoms with van der Waals surface area (Å²) < 4.78 is 7.38. The zero-order valence-corrected chi connectivity index (χ0v) is 19.2. The predicted molar refractivity (Wildman–Crippen MR) is 130 cm³/mol. The molecule has 0 aliphatic heterocycles. The lowest BCUT2D eigenvalue weighted by Gasteiger charge is -2.13. The van der Waals surface area contributed by atoms with Crippen molar-refractivity contribution in [3.63, 3.8) is 0 Å². The van der Waals surface area contributed by atoms with Crippen LogP contribution < -0.4 is 21.3 Å². The van der Waals surface area contributed by atoms with E-state index in [0.29, 0.717) is 44.9 Å². The van der Waals surface area contributed by atoms with Crippen molar-refractivity contribution in [2.45, 2.75) is 32.7 Å². The van der Waals surface area contributed by atoms with Gasteiger partial charge in [0, 0.05) is 28.6 Å². The van der Waals surface area contributed by atoms with Gasteiger partial charge >= 0.3 is 6.01 Å². The molecule has 1 saturated carbocycles. The third-order valence-electron chi connectivity index (χ3n) is 5.88. The Kier molecular flexibility index (Phi) is 5.52. The van der Waals surface area contributed by atoms with Crippen LogP contribution in [0.25, 0.3) is 16.7 Å². The second kappa shape index (κ2) is 8.68. The van der Waals surface area contributed by atoms with Crippen LogP contribution in [0.3, 0.4) is 0 Å². The molecule has 1 aliphatic carbocycles. The molecule has 2 amide bonds. The van der Waals surface area contributed by atoms with E-state index in [1.165, 1.54) is 10.6 Å². The highest BCUT2D eigenvalue weighted by Gasteiger charge is 2.23. The van der Waals surface area contributed by atoms with Crippen molar-refractivity contribution in [3.05, 3.63) is 87.3 Å². The van der Waals surface area contributed by atoms with Crippen LogP contribution in [0.4, 0.5) is 0 Å². The third-order valence-corrected chi connectivity index (χ3v) is 5.88. The Labute approximate surface area is 200 Å². The maximum atomic E-state index is 12.9. The number of aromatic nitrogens is 3. The van der Waals surface area contributed by atoms with Crippen LogP contribution in [-0.4, -0.2) is 32.4 Å². The summed E-state index contributed by atoms with van der Waals surface area (Å²) in [7, 11) is 0. The SMILES string of the molecule is Cc1cc(C(N)=O)ccc1Oc1nc(C)c2ccc(=O)n(-c3ccc(C(=O)NC4CC4)cc3)c2n1. The van der Waals surface area contributed by atoms with Crippen molar-refractivity contribution in [2.75, 3.05) is 0 Å². The molecule has 2 aromatic carbocycles. The molecule has 1 fully saturated rings. The first-order valence-electron chi connectivity index (χ1n) is 11.2. The minimum Gasteiger partial charge on any atom is -0.424 e. The number of ether oxygens (including phenoxy) is 1. The van der Waals surface area contributed by atoms with Crippen LogP contribution in [0.2, 0.25) is 0 Å². The number of amides is 2. The van der Waals surface area contributed by atoms with E-state index in [4.69, 9.17) is 10.5 Å². The van der Waals surface area contributed by atoms with E-state index in [1.54, 1.807) is 62.4 Å². The highest BCUT2D eigenvalue weighted by Crippen LogP contribution is 2.26. The Hall–Kier alpha value is -4.53. The molecule has 0 spiro atoms. The maximum Gasteiger partial charge on any atom is 0.324 e. The molecule has 1 aliphatic rings. The minimum absolute atomic E-state index is 0.0599. The lowest BCUT2D eigenvalue weighted by molar-refractivity contribution is 0.0949. The summed E-state index contributed by atoms with van der Waals surface area (Å²) >= 11 is 0. The topological polar surface area (TPSA) is 129 Å². The molecule has 0 radical (unpaired) electrons. The molecule has 35 heavy (non-hydrogen) atoms. The number of rotatable bonds is 6. The highest BCUT2D eigenvalue weighted by molar-refractivity contribution is 5.95. The fourth-order valence-corrected chi connectivity index (χ4v) is 3.81. The number of aryl methyl sites for hydroxylation is 2. The zero-order valence-electron chi connectivity index (χ0n) is 19.2. The fraction of sp³-hybridized carbons (Fsp3) is 0.192. The largest absolute Gasteiger partial charge is 0.424 e. The van der Waals surface area contributed by atoms with Gasteiger partial charge in [0.2, 0.25) is 5.91 Å². The van der Waals surface area contributed by atoms with E-state index in [2.05, 4.69) is 15.3 Å². The quantitative estimate of drug-likeness (QED) is 0.446. The normalized spacial score (nSPS) is 13.0. The van der Waals surface area contributed by atoms with Gasteiger partial charge in [-0.15, -0.1) is 0 Å².